The number of nitrogens with zero attached hydrogens (tertiary/aromatic N) is 4. The molecule has 0 saturated carbocycles. The molecule has 0 atom stereocenters. The average Bonchev–Trinajstić information content (AvgIpc) is 3.87. The average molecular weight is 922 g/mol. The molecule has 4 aromatic carbocycles. The summed E-state index contributed by atoms with van der Waals surface area (Å²) in [6, 6.07) is 25.0. The van der Waals surface area contributed by atoms with E-state index in [0.717, 1.165) is 50.7 Å². The maximum atomic E-state index is 12.4. The minimum Gasteiger partial charge on any atom is -0.508 e. The van der Waals surface area contributed by atoms with Crippen LogP contribution < -0.4 is 14.2 Å². The summed E-state index contributed by atoms with van der Waals surface area (Å²) in [6.07, 6.45) is 4.88. The smallest absolute Gasteiger partial charge is 0.143 e. The number of rotatable bonds is 16. The fourth-order valence-corrected chi connectivity index (χ4v) is 7.36. The number of hydrogen-bond donors (Lipinski definition) is 1. The summed E-state index contributed by atoms with van der Waals surface area (Å²) in [5.41, 5.74) is 5.78. The third-order valence-corrected chi connectivity index (χ3v) is 10.9. The number of halogens is 3. The third kappa shape index (κ3) is 11.8. The first kappa shape index (κ1) is 45.6. The Bertz CT molecular complexity index is 2970. The van der Waals surface area contributed by atoms with Crippen molar-refractivity contribution in [2.45, 2.75) is 59.8 Å². The summed E-state index contributed by atoms with van der Waals surface area (Å²) in [5, 5.41) is 20.2. The second-order valence-electron chi connectivity index (χ2n) is 15.2. The Hall–Kier alpha value is -6.47. The van der Waals surface area contributed by atoms with Gasteiger partial charge in [0.05, 0.1) is 41.9 Å². The number of phenolic OH excluding ortho intramolecular Hbond substituents is 1. The van der Waals surface area contributed by atoms with Gasteiger partial charge in [-0.25, -0.2) is 0 Å². The lowest BCUT2D eigenvalue weighted by Crippen LogP contribution is -2.07. The Balaban J connectivity index is 0.000000193. The molecule has 0 aliphatic rings. The molecular formula is C49H43Cl3N4O8. The van der Waals surface area contributed by atoms with E-state index in [0.29, 0.717) is 74.0 Å². The molecule has 0 radical (unpaired) electrons. The predicted octanol–water partition coefficient (Wildman–Crippen LogP) is 12.0. The van der Waals surface area contributed by atoms with Crippen LogP contribution in [0.3, 0.4) is 0 Å². The number of phenols is 1. The molecule has 4 aromatic heterocycles. The number of Topliss-reactive ketones (excluding diaryl/α,β-unsaturated/α-hetero) is 2. The number of aryl methyl sites for hydroxylation is 4. The molecule has 0 fully saturated rings. The molecule has 15 heteroatoms. The minimum absolute atomic E-state index is 0.00328. The molecule has 8 rings (SSSR count). The fraction of sp³-hybridized carbons (Fsp3) is 0.224. The summed E-state index contributed by atoms with van der Waals surface area (Å²) in [4.78, 5) is 33.5. The van der Waals surface area contributed by atoms with Crippen LogP contribution in [0.1, 0.15) is 51.6 Å². The van der Waals surface area contributed by atoms with Crippen molar-refractivity contribution in [2.75, 3.05) is 12.5 Å². The Morgan fingerprint density at radius 1 is 0.609 bits per heavy atom. The van der Waals surface area contributed by atoms with Crippen LogP contribution in [0.5, 0.6) is 34.5 Å². The van der Waals surface area contributed by atoms with Crippen LogP contribution in [0.4, 0.5) is 0 Å². The number of benzene rings is 4. The maximum Gasteiger partial charge on any atom is 0.143 e. The van der Waals surface area contributed by atoms with E-state index in [1.165, 1.54) is 0 Å². The molecule has 0 aliphatic heterocycles. The molecule has 12 nitrogen and oxygen atoms in total. The molecule has 0 spiro atoms. The molecule has 0 amide bonds. The van der Waals surface area contributed by atoms with E-state index in [2.05, 4.69) is 20.3 Å². The first-order valence-corrected chi connectivity index (χ1v) is 21.6. The van der Waals surface area contributed by atoms with Crippen molar-refractivity contribution < 1.29 is 38.0 Å². The number of pyridine rings is 2. The van der Waals surface area contributed by atoms with Gasteiger partial charge < -0.3 is 28.4 Å². The van der Waals surface area contributed by atoms with Gasteiger partial charge in [0.15, 0.2) is 0 Å². The van der Waals surface area contributed by atoms with E-state index in [1.807, 2.05) is 32.0 Å². The fourth-order valence-electron chi connectivity index (χ4n) is 6.77. The lowest BCUT2D eigenvalue weighted by Gasteiger charge is -2.13. The predicted molar refractivity (Wildman–Crippen MR) is 246 cm³/mol. The number of hydrogen-bond acceptors (Lipinski definition) is 12. The van der Waals surface area contributed by atoms with Crippen molar-refractivity contribution in [1.29, 1.82) is 0 Å². The van der Waals surface area contributed by atoms with Crippen LogP contribution in [0.25, 0.3) is 21.8 Å². The zero-order chi connectivity index (χ0) is 45.3. The molecule has 0 aliphatic carbocycles. The number of ketones is 2. The summed E-state index contributed by atoms with van der Waals surface area (Å²) >= 11 is 18.6. The standard InChI is InChI=1S/C26H24Cl2N2O4.C23H19ClN2O4/c1-16-10-22-24(15-26(16)32-9-3-7-27)29-8-6-25(22)33-21-5-4-18(23(28)14-21)12-20(31)13-19-11-17(2)34-30-19;1-13-7-19-21(12-22(13)28)25-6-5-23(19)29-18-4-3-15(20(24)11-18)9-17(27)10-16-8-14(2)30-26-16/h4-6,8,10-11,14-15H,3,7,9,12-13H2,1-2H3;3-8,11-12,28H,9-10H2,1-2H3. The zero-order valence-electron chi connectivity index (χ0n) is 35.4. The van der Waals surface area contributed by atoms with Gasteiger partial charge in [0.1, 0.15) is 57.6 Å². The number of carbonyl (C=O) groups excluding carboxylic acids is 2. The third-order valence-electron chi connectivity index (χ3n) is 9.94. The van der Waals surface area contributed by atoms with Crippen LogP contribution in [-0.2, 0) is 35.3 Å². The molecule has 4 heterocycles. The minimum atomic E-state index is -0.00530. The lowest BCUT2D eigenvalue weighted by atomic mass is 10.1. The molecule has 0 saturated heterocycles. The quantitative estimate of drug-likeness (QED) is 0.0723. The van der Waals surface area contributed by atoms with Gasteiger partial charge in [-0.1, -0.05) is 45.6 Å². The molecule has 0 bridgehead atoms. The second-order valence-corrected chi connectivity index (χ2v) is 16.3. The van der Waals surface area contributed by atoms with Crippen molar-refractivity contribution in [3.05, 3.63) is 153 Å². The molecule has 1 N–H and O–H groups in total. The first-order chi connectivity index (χ1) is 30.8. The monoisotopic (exact) mass is 920 g/mol. The van der Waals surface area contributed by atoms with Gasteiger partial charge in [-0.15, -0.1) is 11.6 Å². The van der Waals surface area contributed by atoms with E-state index >= 15 is 0 Å². The van der Waals surface area contributed by atoms with Gasteiger partial charge in [-0.05, 0) is 105 Å². The second kappa shape index (κ2) is 20.8. The number of carbonyl (C=O) groups is 2. The van der Waals surface area contributed by atoms with Crippen LogP contribution in [0.2, 0.25) is 10.0 Å². The lowest BCUT2D eigenvalue weighted by molar-refractivity contribution is -0.118. The highest BCUT2D eigenvalue weighted by Crippen LogP contribution is 2.36. The van der Waals surface area contributed by atoms with E-state index in [-0.39, 0.29) is 43.0 Å². The van der Waals surface area contributed by atoms with Crippen molar-refractivity contribution in [3.63, 3.8) is 0 Å². The van der Waals surface area contributed by atoms with Gasteiger partial charge in [-0.2, -0.15) is 0 Å². The van der Waals surface area contributed by atoms with E-state index in [9.17, 15) is 14.7 Å². The van der Waals surface area contributed by atoms with Gasteiger partial charge in [0.25, 0.3) is 0 Å². The van der Waals surface area contributed by atoms with E-state index in [1.54, 1.807) is 93.0 Å². The largest absolute Gasteiger partial charge is 0.508 e. The summed E-state index contributed by atoms with van der Waals surface area (Å²) in [5.74, 6) is 5.23. The molecule has 328 valence electrons. The molecule has 0 unspecified atom stereocenters. The summed E-state index contributed by atoms with van der Waals surface area (Å²) < 4.78 is 28.0. The van der Waals surface area contributed by atoms with E-state index in [4.69, 9.17) is 58.1 Å². The Morgan fingerprint density at radius 3 is 1.58 bits per heavy atom. The van der Waals surface area contributed by atoms with Gasteiger partial charge in [-0.3, -0.25) is 19.6 Å². The van der Waals surface area contributed by atoms with Gasteiger partial charge >= 0.3 is 0 Å². The van der Waals surface area contributed by atoms with Crippen molar-refractivity contribution in [2.24, 2.45) is 0 Å². The highest BCUT2D eigenvalue weighted by atomic mass is 35.5. The highest BCUT2D eigenvalue weighted by Gasteiger charge is 2.16. The Morgan fingerprint density at radius 2 is 1.11 bits per heavy atom. The number of aromatic nitrogens is 4. The number of alkyl halides is 1. The van der Waals surface area contributed by atoms with Crippen LogP contribution >= 0.6 is 34.8 Å². The van der Waals surface area contributed by atoms with Crippen LogP contribution in [0.15, 0.2) is 106 Å². The van der Waals surface area contributed by atoms with Crippen molar-refractivity contribution in [3.8, 4) is 34.5 Å². The normalized spacial score (nSPS) is 11.0. The first-order valence-electron chi connectivity index (χ1n) is 20.3. The van der Waals surface area contributed by atoms with E-state index < -0.39 is 0 Å². The molecular weight excluding hydrogens is 879 g/mol. The van der Waals surface area contributed by atoms with Gasteiger partial charge in [0, 0.05) is 76.2 Å². The van der Waals surface area contributed by atoms with Crippen LogP contribution in [-0.4, -0.2) is 49.4 Å². The number of aromatic hydroxyl groups is 1. The highest BCUT2D eigenvalue weighted by molar-refractivity contribution is 6.32. The topological polar surface area (TPSA) is 160 Å². The maximum absolute atomic E-state index is 12.4. The van der Waals surface area contributed by atoms with Crippen LogP contribution in [0, 0.1) is 27.7 Å². The summed E-state index contributed by atoms with van der Waals surface area (Å²) in [6.45, 7) is 7.92. The molecule has 64 heavy (non-hydrogen) atoms. The zero-order valence-corrected chi connectivity index (χ0v) is 37.7. The number of ether oxygens (including phenoxy) is 3. The van der Waals surface area contributed by atoms with Crippen molar-refractivity contribution >= 4 is 68.2 Å². The number of fused-ring (bicyclic) bond motifs is 2. The molecule has 8 aromatic rings. The summed E-state index contributed by atoms with van der Waals surface area (Å²) in [7, 11) is 0. The Kier molecular flexibility index (Phi) is 14.8. The SMILES string of the molecule is Cc1cc(CC(=O)Cc2ccc(Oc3ccnc4cc(O)c(C)cc34)cc2Cl)no1.Cc1cc(CC(=O)Cc2ccc(Oc3ccnc4cc(OCCCCl)c(C)cc34)cc2Cl)no1. The Labute approximate surface area is 384 Å². The van der Waals surface area contributed by atoms with Crippen molar-refractivity contribution in [1.82, 2.24) is 20.3 Å². The van der Waals surface area contributed by atoms with Gasteiger partial charge in [0.2, 0.25) is 0 Å².